The Labute approximate surface area is 126 Å². The van der Waals surface area contributed by atoms with Gasteiger partial charge in [-0.15, -0.1) is 0 Å². The Kier molecular flexibility index (Phi) is 4.99. The van der Waals surface area contributed by atoms with Gasteiger partial charge in [0.15, 0.2) is 0 Å². The Morgan fingerprint density at radius 1 is 1.19 bits per heavy atom. The molecule has 0 saturated carbocycles. The van der Waals surface area contributed by atoms with Crippen molar-refractivity contribution in [2.75, 3.05) is 7.11 Å². The summed E-state index contributed by atoms with van der Waals surface area (Å²) in [6.45, 7) is 4.12. The lowest BCUT2D eigenvalue weighted by molar-refractivity contribution is 0.0935. The molecule has 0 radical (unpaired) electrons. The predicted molar refractivity (Wildman–Crippen MR) is 84.7 cm³/mol. The van der Waals surface area contributed by atoms with Crippen LogP contribution >= 0.6 is 0 Å². The Bertz CT molecular complexity index is 605. The molecule has 1 N–H and O–H groups in total. The summed E-state index contributed by atoms with van der Waals surface area (Å²) >= 11 is 0. The van der Waals surface area contributed by atoms with Gasteiger partial charge in [-0.1, -0.05) is 42.8 Å². The van der Waals surface area contributed by atoms with Crippen molar-refractivity contribution in [3.8, 4) is 5.75 Å². The van der Waals surface area contributed by atoms with E-state index in [0.717, 1.165) is 12.0 Å². The van der Waals surface area contributed by atoms with Gasteiger partial charge in [0.1, 0.15) is 5.75 Å². The molecule has 21 heavy (non-hydrogen) atoms. The highest BCUT2D eigenvalue weighted by Gasteiger charge is 2.14. The minimum absolute atomic E-state index is 0.0179. The molecule has 2 aromatic carbocycles. The maximum atomic E-state index is 12.4. The van der Waals surface area contributed by atoms with Gasteiger partial charge in [0, 0.05) is 5.56 Å². The molecule has 1 amide bonds. The zero-order chi connectivity index (χ0) is 15.2. The van der Waals surface area contributed by atoms with Gasteiger partial charge in [-0.2, -0.15) is 0 Å². The molecule has 0 saturated heterocycles. The van der Waals surface area contributed by atoms with Crippen molar-refractivity contribution < 1.29 is 9.53 Å². The SMILES string of the molecule is CC[C@H](NC(=O)c1cccc(OC)c1)c1ccc(C)cc1. The molecule has 0 heterocycles. The minimum Gasteiger partial charge on any atom is -0.497 e. The van der Waals surface area contributed by atoms with Crippen molar-refractivity contribution in [1.29, 1.82) is 0 Å². The van der Waals surface area contributed by atoms with Gasteiger partial charge in [-0.3, -0.25) is 4.79 Å². The zero-order valence-electron chi connectivity index (χ0n) is 12.7. The third-order valence-electron chi connectivity index (χ3n) is 3.53. The summed E-state index contributed by atoms with van der Waals surface area (Å²) in [7, 11) is 1.60. The molecular weight excluding hydrogens is 262 g/mol. The topological polar surface area (TPSA) is 38.3 Å². The summed E-state index contributed by atoms with van der Waals surface area (Å²) in [6, 6.07) is 15.5. The van der Waals surface area contributed by atoms with Crippen molar-refractivity contribution in [2.45, 2.75) is 26.3 Å². The number of ether oxygens (including phenoxy) is 1. The summed E-state index contributed by atoms with van der Waals surface area (Å²) in [4.78, 5) is 12.4. The first-order valence-corrected chi connectivity index (χ1v) is 7.15. The molecule has 110 valence electrons. The highest BCUT2D eigenvalue weighted by molar-refractivity contribution is 5.94. The van der Waals surface area contributed by atoms with E-state index in [9.17, 15) is 4.79 Å². The fourth-order valence-electron chi connectivity index (χ4n) is 2.23. The number of carbonyl (C=O) groups excluding carboxylic acids is 1. The fraction of sp³-hybridized carbons (Fsp3) is 0.278. The smallest absolute Gasteiger partial charge is 0.251 e. The Morgan fingerprint density at radius 2 is 1.90 bits per heavy atom. The molecule has 2 rings (SSSR count). The van der Waals surface area contributed by atoms with E-state index in [1.165, 1.54) is 5.56 Å². The number of aryl methyl sites for hydroxylation is 1. The molecule has 1 atom stereocenters. The Morgan fingerprint density at radius 3 is 2.52 bits per heavy atom. The fourth-order valence-corrected chi connectivity index (χ4v) is 2.23. The first-order valence-electron chi connectivity index (χ1n) is 7.15. The second-order valence-electron chi connectivity index (χ2n) is 5.08. The first kappa shape index (κ1) is 15.1. The summed E-state index contributed by atoms with van der Waals surface area (Å²) in [5.41, 5.74) is 2.95. The highest BCUT2D eigenvalue weighted by atomic mass is 16.5. The van der Waals surface area contributed by atoms with Crippen molar-refractivity contribution in [3.05, 3.63) is 65.2 Å². The Hall–Kier alpha value is -2.29. The van der Waals surface area contributed by atoms with E-state index >= 15 is 0 Å². The van der Waals surface area contributed by atoms with Gasteiger partial charge in [-0.25, -0.2) is 0 Å². The molecule has 0 bridgehead atoms. The lowest BCUT2D eigenvalue weighted by atomic mass is 10.0. The van der Waals surface area contributed by atoms with Crippen molar-refractivity contribution in [2.24, 2.45) is 0 Å². The van der Waals surface area contributed by atoms with Crippen molar-refractivity contribution in [1.82, 2.24) is 5.32 Å². The summed E-state index contributed by atoms with van der Waals surface area (Å²) in [5, 5.41) is 3.08. The van der Waals surface area contributed by atoms with Crippen LogP contribution in [0.1, 0.15) is 40.9 Å². The third kappa shape index (κ3) is 3.85. The molecule has 0 unspecified atom stereocenters. The van der Waals surface area contributed by atoms with Crippen LogP contribution in [0.25, 0.3) is 0 Å². The van der Waals surface area contributed by atoms with Crippen molar-refractivity contribution >= 4 is 5.91 Å². The maximum Gasteiger partial charge on any atom is 0.251 e. The first-order chi connectivity index (χ1) is 10.1. The second kappa shape index (κ2) is 6.93. The van der Waals surface area contributed by atoms with Crippen LogP contribution in [0.4, 0.5) is 0 Å². The van der Waals surface area contributed by atoms with Crippen LogP contribution in [0, 0.1) is 6.92 Å². The van der Waals surface area contributed by atoms with E-state index in [2.05, 4.69) is 43.4 Å². The van der Waals surface area contributed by atoms with Gasteiger partial charge < -0.3 is 10.1 Å². The average molecular weight is 283 g/mol. The molecule has 0 aliphatic heterocycles. The minimum atomic E-state index is -0.0821. The number of nitrogens with one attached hydrogen (secondary N) is 1. The number of hydrogen-bond donors (Lipinski definition) is 1. The lowest BCUT2D eigenvalue weighted by Crippen LogP contribution is -2.28. The third-order valence-corrected chi connectivity index (χ3v) is 3.53. The largest absolute Gasteiger partial charge is 0.497 e. The second-order valence-corrected chi connectivity index (χ2v) is 5.08. The van der Waals surface area contributed by atoms with E-state index in [4.69, 9.17) is 4.74 Å². The van der Waals surface area contributed by atoms with Crippen LogP contribution in [-0.4, -0.2) is 13.0 Å². The molecule has 0 spiro atoms. The zero-order valence-corrected chi connectivity index (χ0v) is 12.7. The normalized spacial score (nSPS) is 11.8. The molecule has 3 nitrogen and oxygen atoms in total. The van der Waals surface area contributed by atoms with Gasteiger partial charge in [0.05, 0.1) is 13.2 Å². The molecular formula is C18H21NO2. The van der Waals surface area contributed by atoms with Crippen LogP contribution in [0.3, 0.4) is 0 Å². The maximum absolute atomic E-state index is 12.4. The monoisotopic (exact) mass is 283 g/mol. The number of methoxy groups -OCH3 is 1. The summed E-state index contributed by atoms with van der Waals surface area (Å²) in [6.07, 6.45) is 0.846. The van der Waals surface area contributed by atoms with Gasteiger partial charge >= 0.3 is 0 Å². The average Bonchev–Trinajstić information content (AvgIpc) is 2.53. The van der Waals surface area contributed by atoms with Crippen LogP contribution in [-0.2, 0) is 0 Å². The standard InChI is InChI=1S/C18H21NO2/c1-4-17(14-10-8-13(2)9-11-14)19-18(20)15-6-5-7-16(12-15)21-3/h5-12,17H,4H2,1-3H3,(H,19,20)/t17-/m0/s1. The van der Waals surface area contributed by atoms with Gasteiger partial charge in [-0.05, 0) is 37.1 Å². The number of carbonyl (C=O) groups is 1. The van der Waals surface area contributed by atoms with Crippen LogP contribution in [0.15, 0.2) is 48.5 Å². The predicted octanol–water partition coefficient (Wildman–Crippen LogP) is 3.88. The van der Waals surface area contributed by atoms with Crippen LogP contribution in [0.2, 0.25) is 0 Å². The summed E-state index contributed by atoms with van der Waals surface area (Å²) < 4.78 is 5.15. The molecule has 3 heteroatoms. The molecule has 0 aliphatic carbocycles. The van der Waals surface area contributed by atoms with Crippen molar-refractivity contribution in [3.63, 3.8) is 0 Å². The van der Waals surface area contributed by atoms with Gasteiger partial charge in [0.25, 0.3) is 5.91 Å². The quantitative estimate of drug-likeness (QED) is 0.904. The van der Waals surface area contributed by atoms with E-state index < -0.39 is 0 Å². The van der Waals surface area contributed by atoms with Crippen LogP contribution in [0.5, 0.6) is 5.75 Å². The highest BCUT2D eigenvalue weighted by Crippen LogP contribution is 2.19. The Balaban J connectivity index is 2.14. The van der Waals surface area contributed by atoms with E-state index in [0.29, 0.717) is 11.3 Å². The molecule has 0 aromatic heterocycles. The van der Waals surface area contributed by atoms with E-state index in [1.54, 1.807) is 19.2 Å². The van der Waals surface area contributed by atoms with E-state index in [1.807, 2.05) is 12.1 Å². The van der Waals surface area contributed by atoms with E-state index in [-0.39, 0.29) is 11.9 Å². The number of hydrogen-bond acceptors (Lipinski definition) is 2. The number of rotatable bonds is 5. The molecule has 0 fully saturated rings. The summed E-state index contributed by atoms with van der Waals surface area (Å²) in [5.74, 6) is 0.604. The van der Waals surface area contributed by atoms with Crippen LogP contribution < -0.4 is 10.1 Å². The number of amides is 1. The molecule has 0 aliphatic rings. The number of benzene rings is 2. The molecule has 2 aromatic rings. The lowest BCUT2D eigenvalue weighted by Gasteiger charge is -2.18. The van der Waals surface area contributed by atoms with Gasteiger partial charge in [0.2, 0.25) is 0 Å².